The van der Waals surface area contributed by atoms with Crippen LogP contribution in [0.2, 0.25) is 0 Å². The Morgan fingerprint density at radius 3 is 2.48 bits per heavy atom. The average Bonchev–Trinajstić information content (AvgIpc) is 2.31. The molecule has 0 unspecified atom stereocenters. The molecule has 0 saturated heterocycles. The third-order valence-electron chi connectivity index (χ3n) is 2.44. The number of anilines is 1. The van der Waals surface area contributed by atoms with Crippen molar-refractivity contribution in [3.8, 4) is 0 Å². The number of halogens is 3. The largest absolute Gasteiger partial charge is 0.480 e. The van der Waals surface area contributed by atoms with Gasteiger partial charge in [0.05, 0.1) is 5.69 Å². The highest BCUT2D eigenvalue weighted by atomic mass is 79.9. The number of nitrogens with zero attached hydrogens (tertiary/aromatic N) is 1. The summed E-state index contributed by atoms with van der Waals surface area (Å²) in [7, 11) is 0. The van der Waals surface area contributed by atoms with Gasteiger partial charge in [0.15, 0.2) is 5.82 Å². The first-order valence-corrected chi connectivity index (χ1v) is 6.92. The molecule has 116 valence electrons. The Morgan fingerprint density at radius 2 is 2.00 bits per heavy atom. The van der Waals surface area contributed by atoms with Crippen LogP contribution in [0.4, 0.5) is 19.3 Å². The molecule has 0 radical (unpaired) electrons. The minimum Gasteiger partial charge on any atom is -0.480 e. The van der Waals surface area contributed by atoms with Gasteiger partial charge in [0.25, 0.3) is 0 Å². The van der Waals surface area contributed by atoms with Crippen molar-refractivity contribution in [3.05, 3.63) is 28.2 Å². The van der Waals surface area contributed by atoms with E-state index in [-0.39, 0.29) is 22.6 Å². The van der Waals surface area contributed by atoms with Crippen molar-refractivity contribution in [3.63, 3.8) is 0 Å². The predicted molar refractivity (Wildman–Crippen MR) is 77.1 cm³/mol. The maximum Gasteiger partial charge on any atom is 0.323 e. The number of amides is 2. The van der Waals surface area contributed by atoms with E-state index in [1.165, 1.54) is 0 Å². The number of hydrogen-bond acceptors (Lipinski definition) is 2. The van der Waals surface area contributed by atoms with Gasteiger partial charge in [0, 0.05) is 17.1 Å². The van der Waals surface area contributed by atoms with Crippen molar-refractivity contribution in [2.24, 2.45) is 5.92 Å². The minimum absolute atomic E-state index is 0.0353. The lowest BCUT2D eigenvalue weighted by Gasteiger charge is -2.23. The molecular weight excluding hydrogens is 350 g/mol. The van der Waals surface area contributed by atoms with Crippen LogP contribution in [0.1, 0.15) is 13.8 Å². The molecule has 0 spiro atoms. The zero-order valence-corrected chi connectivity index (χ0v) is 13.1. The molecule has 5 nitrogen and oxygen atoms in total. The first-order chi connectivity index (χ1) is 9.70. The monoisotopic (exact) mass is 364 g/mol. The summed E-state index contributed by atoms with van der Waals surface area (Å²) in [6, 6.07) is 0.866. The summed E-state index contributed by atoms with van der Waals surface area (Å²) < 4.78 is 26.7. The second-order valence-electron chi connectivity index (χ2n) is 4.84. The number of hydrogen-bond donors (Lipinski definition) is 2. The molecule has 0 bridgehead atoms. The fourth-order valence-corrected chi connectivity index (χ4v) is 2.18. The van der Waals surface area contributed by atoms with Crippen LogP contribution >= 0.6 is 15.9 Å². The smallest absolute Gasteiger partial charge is 0.323 e. The van der Waals surface area contributed by atoms with Gasteiger partial charge < -0.3 is 15.3 Å². The number of benzene rings is 1. The molecule has 1 aromatic rings. The average molecular weight is 365 g/mol. The number of carbonyl (C=O) groups is 2. The predicted octanol–water partition coefficient (Wildman–Crippen LogP) is 3.30. The molecule has 0 fully saturated rings. The summed E-state index contributed by atoms with van der Waals surface area (Å²) in [4.78, 5) is 23.9. The van der Waals surface area contributed by atoms with Gasteiger partial charge in [-0.05, 0) is 27.9 Å². The number of aliphatic carboxylic acids is 1. The molecule has 0 aliphatic rings. The van der Waals surface area contributed by atoms with Crippen molar-refractivity contribution in [2.45, 2.75) is 13.8 Å². The maximum atomic E-state index is 13.6. The molecule has 0 saturated carbocycles. The van der Waals surface area contributed by atoms with E-state index >= 15 is 0 Å². The zero-order chi connectivity index (χ0) is 16.2. The first kappa shape index (κ1) is 17.4. The summed E-state index contributed by atoms with van der Waals surface area (Å²) in [5.74, 6) is -2.88. The second-order valence-corrected chi connectivity index (χ2v) is 5.70. The Bertz CT molecular complexity index is 529. The van der Waals surface area contributed by atoms with Crippen molar-refractivity contribution < 1.29 is 23.5 Å². The molecule has 2 N–H and O–H groups in total. The Labute approximate surface area is 129 Å². The molecule has 0 aliphatic carbocycles. The van der Waals surface area contributed by atoms with Crippen LogP contribution in [0.5, 0.6) is 0 Å². The lowest BCUT2D eigenvalue weighted by molar-refractivity contribution is -0.137. The van der Waals surface area contributed by atoms with E-state index < -0.39 is 30.2 Å². The van der Waals surface area contributed by atoms with Crippen LogP contribution in [0.3, 0.4) is 0 Å². The van der Waals surface area contributed by atoms with Crippen molar-refractivity contribution in [1.29, 1.82) is 0 Å². The highest BCUT2D eigenvalue weighted by Crippen LogP contribution is 2.27. The number of carbonyl (C=O) groups excluding carboxylic acids is 1. The fourth-order valence-electron chi connectivity index (χ4n) is 1.67. The van der Waals surface area contributed by atoms with Crippen LogP contribution in [0.15, 0.2) is 16.6 Å². The second kappa shape index (κ2) is 7.35. The van der Waals surface area contributed by atoms with Gasteiger partial charge in [0.1, 0.15) is 12.4 Å². The molecule has 0 aromatic heterocycles. The van der Waals surface area contributed by atoms with Crippen LogP contribution in [-0.4, -0.2) is 35.1 Å². The SMILES string of the molecule is CC(C)CN(CC(=O)O)C(=O)Nc1c(F)cc(F)cc1Br. The van der Waals surface area contributed by atoms with Crippen LogP contribution in [0, 0.1) is 17.6 Å². The van der Waals surface area contributed by atoms with E-state index in [0.717, 1.165) is 11.0 Å². The molecule has 1 rings (SSSR count). The van der Waals surface area contributed by atoms with Gasteiger partial charge in [-0.1, -0.05) is 13.8 Å². The molecule has 0 aliphatic heterocycles. The van der Waals surface area contributed by atoms with Gasteiger partial charge >= 0.3 is 12.0 Å². The Kier molecular flexibility index (Phi) is 6.07. The van der Waals surface area contributed by atoms with Gasteiger partial charge in [-0.2, -0.15) is 0 Å². The van der Waals surface area contributed by atoms with Gasteiger partial charge in [-0.15, -0.1) is 0 Å². The molecule has 1 aromatic carbocycles. The van der Waals surface area contributed by atoms with E-state index in [1.54, 1.807) is 0 Å². The molecule has 0 heterocycles. The molecule has 8 heteroatoms. The topological polar surface area (TPSA) is 69.6 Å². The lowest BCUT2D eigenvalue weighted by atomic mass is 10.2. The fraction of sp³-hybridized carbons (Fsp3) is 0.385. The van der Waals surface area contributed by atoms with Crippen LogP contribution < -0.4 is 5.32 Å². The number of carboxylic acids is 1. The van der Waals surface area contributed by atoms with E-state index in [1.807, 2.05) is 13.8 Å². The summed E-state index contributed by atoms with van der Waals surface area (Å²) in [6.45, 7) is 3.32. The summed E-state index contributed by atoms with van der Waals surface area (Å²) in [5.41, 5.74) is -0.236. The van der Waals surface area contributed by atoms with Crippen molar-refractivity contribution in [1.82, 2.24) is 4.90 Å². The van der Waals surface area contributed by atoms with Crippen molar-refractivity contribution in [2.75, 3.05) is 18.4 Å². The first-order valence-electron chi connectivity index (χ1n) is 6.13. The van der Waals surface area contributed by atoms with E-state index in [0.29, 0.717) is 6.07 Å². The standard InChI is InChI=1S/C13H15BrF2N2O3/c1-7(2)5-18(6-11(19)20)13(21)17-12-9(14)3-8(15)4-10(12)16/h3-4,7H,5-6H2,1-2H3,(H,17,21)(H,19,20). The molecular formula is C13H15BrF2N2O3. The lowest BCUT2D eigenvalue weighted by Crippen LogP contribution is -2.41. The summed E-state index contributed by atoms with van der Waals surface area (Å²) in [6.07, 6.45) is 0. The van der Waals surface area contributed by atoms with E-state index in [9.17, 15) is 18.4 Å². The Balaban J connectivity index is 2.93. The number of nitrogens with one attached hydrogen (secondary N) is 1. The van der Waals surface area contributed by atoms with Gasteiger partial charge in [-0.3, -0.25) is 4.79 Å². The highest BCUT2D eigenvalue weighted by Gasteiger charge is 2.20. The zero-order valence-electron chi connectivity index (χ0n) is 11.5. The Morgan fingerprint density at radius 1 is 1.38 bits per heavy atom. The van der Waals surface area contributed by atoms with E-state index in [4.69, 9.17) is 5.11 Å². The Hall–Kier alpha value is -1.70. The van der Waals surface area contributed by atoms with Crippen LogP contribution in [-0.2, 0) is 4.79 Å². The minimum atomic E-state index is -1.18. The van der Waals surface area contributed by atoms with Gasteiger partial charge in [0.2, 0.25) is 0 Å². The molecule has 21 heavy (non-hydrogen) atoms. The number of urea groups is 1. The summed E-state index contributed by atoms with van der Waals surface area (Å²) in [5, 5.41) is 11.1. The maximum absolute atomic E-state index is 13.6. The van der Waals surface area contributed by atoms with Gasteiger partial charge in [-0.25, -0.2) is 13.6 Å². The van der Waals surface area contributed by atoms with E-state index in [2.05, 4.69) is 21.2 Å². The van der Waals surface area contributed by atoms with Crippen molar-refractivity contribution >= 4 is 33.6 Å². The molecule has 0 atom stereocenters. The normalized spacial score (nSPS) is 10.6. The highest BCUT2D eigenvalue weighted by molar-refractivity contribution is 9.10. The van der Waals surface area contributed by atoms with Crippen LogP contribution in [0.25, 0.3) is 0 Å². The summed E-state index contributed by atoms with van der Waals surface area (Å²) >= 11 is 2.95. The third-order valence-corrected chi connectivity index (χ3v) is 3.06. The third kappa shape index (κ3) is 5.30. The molecule has 2 amide bonds. The number of rotatable bonds is 5. The number of carboxylic acid groups (broad SMARTS) is 1. The quantitative estimate of drug-likeness (QED) is 0.841.